The lowest BCUT2D eigenvalue weighted by molar-refractivity contribution is -0.274. The van der Waals surface area contributed by atoms with Crippen molar-refractivity contribution in [1.82, 2.24) is 9.38 Å². The van der Waals surface area contributed by atoms with E-state index in [0.29, 0.717) is 5.92 Å². The Morgan fingerprint density at radius 3 is 0.654 bits per heavy atom. The molecule has 1 aromatic carbocycles. The average molecular weight is 1700 g/mol. The molecule has 5 rings (SSSR count). The lowest BCUT2D eigenvalue weighted by atomic mass is 9.75. The second-order valence-electron chi connectivity index (χ2n) is 21.8. The van der Waals surface area contributed by atoms with Gasteiger partial charge in [0.05, 0.1) is 24.1 Å². The Balaban J connectivity index is 0.00000103. The van der Waals surface area contributed by atoms with Crippen molar-refractivity contribution in [1.29, 1.82) is 0 Å². The maximum absolute atomic E-state index is 12.4. The van der Waals surface area contributed by atoms with Gasteiger partial charge in [-0.2, -0.15) is 0 Å². The Bertz CT molecular complexity index is 9210. The molecule has 7 heteroatoms. The van der Waals surface area contributed by atoms with Crippen LogP contribution >= 0.6 is 0 Å². The molecule has 2 fully saturated rings. The lowest BCUT2D eigenvalue weighted by Crippen LogP contribution is -2.21. The van der Waals surface area contributed by atoms with Crippen LogP contribution in [0, 0.1) is 622 Å². The van der Waals surface area contributed by atoms with Crippen molar-refractivity contribution in [3.63, 3.8) is 0 Å². The van der Waals surface area contributed by atoms with Gasteiger partial charge in [0.15, 0.2) is 0 Å². The molecule has 2 heterocycles. The Hall–Kier alpha value is -25.4. The summed E-state index contributed by atoms with van der Waals surface area (Å²) < 4.78 is 43.0. The molecule has 0 bridgehead atoms. The van der Waals surface area contributed by atoms with E-state index in [0.717, 1.165) is 42.3 Å². The van der Waals surface area contributed by atoms with Crippen molar-refractivity contribution in [3.05, 3.63) is 65.7 Å². The van der Waals surface area contributed by atoms with E-state index in [2.05, 4.69) is 626 Å². The zero-order chi connectivity index (χ0) is 96.4. The molecule has 1 N–H and O–H groups in total. The summed E-state index contributed by atoms with van der Waals surface area (Å²) in [6.07, 6.45) is 11.3. The van der Waals surface area contributed by atoms with Crippen LogP contribution in [0.25, 0.3) is 5.52 Å². The third-order valence-corrected chi connectivity index (χ3v) is 13.2. The summed E-state index contributed by atoms with van der Waals surface area (Å²) >= 11 is 0. The van der Waals surface area contributed by atoms with Gasteiger partial charge in [0, 0.05) is 521 Å². The van der Waals surface area contributed by atoms with Crippen LogP contribution in [0.4, 0.5) is 13.2 Å². The molecule has 0 amide bonds. The number of rotatable bonds is 5. The summed E-state index contributed by atoms with van der Waals surface area (Å²) in [6, 6.07) is 8.33. The van der Waals surface area contributed by atoms with Crippen LogP contribution in [0.1, 0.15) is 80.1 Å². The standard InChI is InChI=1S/C105H4.C24H25F3N2O2/c1-3-5-7-9-11-13-15-17-19-21-23-25-27-29-31-33-35-37-39-41-43-45-47-49-51-53-55-57-59-61-63-65-67-69-71-73-75-77-79-81-83-85-87-89-91-93-95-97-99-101-103-105-104-102-100-98-96-94-92-90-88-86-84-82-80-78-76-74-72-70-68-66-64-62-60-58-56-54-52-50-48-46-44-42-40-38-36-34-32-30-28-26-24-22-20-18-16-14-12-10-8-6-4-2;25-24(26,27)31-19-9-7-16(8-10-19)15-1-5-18(6-2-15)23(30)22-20(17-3-4-17)11-12-29-14-28-13-21(22)29/h1H,2H3;7-15,17-18,23,30H,1-6H2. The number of hydrogen-bond donors (Lipinski definition) is 1. The van der Waals surface area contributed by atoms with Gasteiger partial charge in [-0.3, -0.25) is 0 Å². The van der Waals surface area contributed by atoms with Crippen molar-refractivity contribution < 1.29 is 23.0 Å². The van der Waals surface area contributed by atoms with Crippen molar-refractivity contribution in [2.24, 2.45) is 5.92 Å². The van der Waals surface area contributed by atoms with Gasteiger partial charge < -0.3 is 14.2 Å². The lowest BCUT2D eigenvalue weighted by Gasteiger charge is -2.33. The fourth-order valence-corrected chi connectivity index (χ4v) is 8.24. The Morgan fingerprint density at radius 1 is 0.279 bits per heavy atom. The topological polar surface area (TPSA) is 46.8 Å². The van der Waals surface area contributed by atoms with Gasteiger partial charge in [0.25, 0.3) is 0 Å². The number of hydrogen-bond acceptors (Lipinski definition) is 3. The third kappa shape index (κ3) is 61.0. The highest BCUT2D eigenvalue weighted by Crippen LogP contribution is 2.48. The molecule has 4 nitrogen and oxygen atoms in total. The number of terminal acetylenes is 1. The monoisotopic (exact) mass is 1690 g/mol. The maximum atomic E-state index is 12.4. The number of aliphatic hydroxyl groups excluding tert-OH is 1. The van der Waals surface area contributed by atoms with Crippen LogP contribution in [0.2, 0.25) is 0 Å². The van der Waals surface area contributed by atoms with Gasteiger partial charge in [-0.15, -0.1) is 19.6 Å². The molecule has 2 saturated carbocycles. The number of aromatic nitrogens is 2. The number of halogens is 3. The van der Waals surface area contributed by atoms with E-state index < -0.39 is 12.5 Å². The molecule has 0 radical (unpaired) electrons. The predicted molar refractivity (Wildman–Crippen MR) is 521 cm³/mol. The summed E-state index contributed by atoms with van der Waals surface area (Å²) in [4.78, 5) is 4.26. The van der Waals surface area contributed by atoms with Gasteiger partial charge in [0.2, 0.25) is 0 Å². The highest BCUT2D eigenvalue weighted by atomic mass is 19.4. The quantitative estimate of drug-likeness (QED) is 0.283. The van der Waals surface area contributed by atoms with E-state index in [1.807, 2.05) is 16.8 Å². The largest absolute Gasteiger partial charge is 0.573 e. The number of ether oxygens (including phenoxy) is 1. The zero-order valence-corrected chi connectivity index (χ0v) is 70.1. The molecule has 2 aliphatic rings. The van der Waals surface area contributed by atoms with Crippen LogP contribution in [0.5, 0.6) is 5.75 Å². The van der Waals surface area contributed by atoms with E-state index in [1.54, 1.807) is 25.4 Å². The molecule has 1 atom stereocenters. The van der Waals surface area contributed by atoms with Crippen LogP contribution in [-0.2, 0) is 0 Å². The normalized spacial score (nSPS) is 8.32. The number of fused-ring (bicyclic) bond motifs is 1. The predicted octanol–water partition coefficient (Wildman–Crippen LogP) is 6.93. The number of aliphatic hydroxyl groups is 1. The Labute approximate surface area is 796 Å². The third-order valence-electron chi connectivity index (χ3n) is 13.2. The van der Waals surface area contributed by atoms with Crippen LogP contribution in [0.3, 0.4) is 0 Å². The first-order valence-electron chi connectivity index (χ1n) is 37.2. The van der Waals surface area contributed by atoms with Gasteiger partial charge in [-0.25, -0.2) is 4.98 Å². The molecule has 0 saturated heterocycles. The van der Waals surface area contributed by atoms with Crippen molar-refractivity contribution in [2.75, 3.05) is 0 Å². The van der Waals surface area contributed by atoms with E-state index in [-0.39, 0.29) is 17.6 Å². The fraction of sp³-hybridized carbons (Fsp3) is 0.0930. The first-order chi connectivity index (χ1) is 67.3. The van der Waals surface area contributed by atoms with Crippen LogP contribution < -0.4 is 4.74 Å². The van der Waals surface area contributed by atoms with E-state index in [1.165, 1.54) is 30.5 Å². The van der Waals surface area contributed by atoms with E-state index in [9.17, 15) is 18.3 Å². The molecular weight excluding hydrogens is 1670 g/mol. The summed E-state index contributed by atoms with van der Waals surface area (Å²) in [5.41, 5.74) is 4.29. The van der Waals surface area contributed by atoms with Crippen molar-refractivity contribution in [3.8, 4) is 622 Å². The minimum Gasteiger partial charge on any atom is -0.406 e. The molecule has 0 spiro atoms. The second-order valence-corrected chi connectivity index (χ2v) is 21.8. The van der Waals surface area contributed by atoms with Crippen LogP contribution in [-0.4, -0.2) is 20.9 Å². The number of nitrogens with zero attached hydrogens (tertiary/aromatic N) is 2. The molecule has 1 unspecified atom stereocenters. The second kappa shape index (κ2) is 76.9. The Kier molecular flexibility index (Phi) is 58.2. The molecule has 2 aromatic heterocycles. The molecule has 136 heavy (non-hydrogen) atoms. The fourth-order valence-electron chi connectivity index (χ4n) is 8.24. The highest BCUT2D eigenvalue weighted by molar-refractivity contribution is 5.61. The highest BCUT2D eigenvalue weighted by Gasteiger charge is 2.35. The van der Waals surface area contributed by atoms with E-state index in [4.69, 9.17) is 6.42 Å². The number of pyridine rings is 1. The zero-order valence-electron chi connectivity index (χ0n) is 70.1. The molecular formula is C129H29F3N2O2. The van der Waals surface area contributed by atoms with Crippen LogP contribution in [0.15, 0.2) is 49.1 Å². The molecule has 3 aromatic rings. The number of alkyl halides is 3. The van der Waals surface area contributed by atoms with Gasteiger partial charge in [-0.1, -0.05) is 18.1 Å². The van der Waals surface area contributed by atoms with Gasteiger partial charge in [-0.05, 0) is 187 Å². The summed E-state index contributed by atoms with van der Waals surface area (Å²) in [7, 11) is 0. The summed E-state index contributed by atoms with van der Waals surface area (Å²) in [5, 5.41) is 11.4. The van der Waals surface area contributed by atoms with Crippen molar-refractivity contribution >= 4 is 5.52 Å². The Morgan fingerprint density at radius 2 is 0.471 bits per heavy atom. The molecule has 588 valence electrons. The molecule has 2 aliphatic carbocycles. The summed E-state index contributed by atoms with van der Waals surface area (Å²) in [5.74, 6) is 258. The number of benzene rings is 1. The summed E-state index contributed by atoms with van der Waals surface area (Å²) in [6.45, 7) is 1.68. The first kappa shape index (κ1) is 103. The van der Waals surface area contributed by atoms with Gasteiger partial charge in [0.1, 0.15) is 5.75 Å². The van der Waals surface area contributed by atoms with E-state index >= 15 is 0 Å². The van der Waals surface area contributed by atoms with Gasteiger partial charge >= 0.3 is 6.36 Å². The smallest absolute Gasteiger partial charge is 0.406 e. The average Bonchev–Trinajstić information content (AvgIpc) is 1.60. The van der Waals surface area contributed by atoms with Crippen molar-refractivity contribution in [2.45, 2.75) is 69.8 Å². The minimum absolute atomic E-state index is 0.169. The number of imidazole rings is 1. The molecule has 0 aliphatic heterocycles. The minimum atomic E-state index is -4.67. The SMILES string of the molecule is C#CC#CC#CC#CC#CC#CC#CC#CC#CC#CC#CC#CC#CC#CC#CC#CC#CC#CC#CC#CC#CC#CC#CC#CC#CC#CC#CC#CC#CC#CC#CC#CC#CC#CC#CC#CC#CC#CC#CC#CC#CC#CC#CC#CC#CC#CC#CC#CC#CC#CC#CC#CC.OC(c1c(C2CC2)ccn2cncc12)C1CCC(c2ccc(OC(F)(F)F)cc2)CC1. The maximum Gasteiger partial charge on any atom is 0.573 e. The first-order valence-corrected chi connectivity index (χ1v) is 37.2.